The van der Waals surface area contributed by atoms with E-state index in [1.54, 1.807) is 48.7 Å². The number of aryl methyl sites for hydroxylation is 1. The van der Waals surface area contributed by atoms with Gasteiger partial charge in [-0.15, -0.1) is 20.4 Å². The van der Waals surface area contributed by atoms with Crippen molar-refractivity contribution in [2.24, 2.45) is 0 Å². The molecule has 0 fully saturated rings. The van der Waals surface area contributed by atoms with Gasteiger partial charge in [-0.1, -0.05) is 54.0 Å². The van der Waals surface area contributed by atoms with Crippen molar-refractivity contribution in [1.82, 2.24) is 29.5 Å². The quantitative estimate of drug-likeness (QED) is 0.156. The summed E-state index contributed by atoms with van der Waals surface area (Å²) in [5, 5.41) is 24.3. The zero-order valence-electron chi connectivity index (χ0n) is 25.1. The molecule has 2 N–H and O–H groups in total. The number of anilines is 2. The van der Waals surface area contributed by atoms with Crippen LogP contribution < -0.4 is 10.6 Å². The first-order valence-corrected chi connectivity index (χ1v) is 16.5. The number of rotatable bonds is 9. The molecule has 47 heavy (non-hydrogen) atoms. The molecule has 0 spiro atoms. The number of nitrogens with zero attached hydrogens (tertiary/aromatic N) is 6. The number of benzene rings is 3. The van der Waals surface area contributed by atoms with Gasteiger partial charge in [0.05, 0.1) is 17.0 Å². The maximum Gasteiger partial charge on any atom is 0.255 e. The molecular weight excluding hydrogens is 636 g/mol. The van der Waals surface area contributed by atoms with Crippen molar-refractivity contribution in [2.75, 3.05) is 16.4 Å². The standard InChI is InChI=1S/C34H29ClN8O3S/c35-27-16-15-24(20-26(27)31-39-38-29-14-5-2-6-17-42(29)31)37-33(45)22-9-7-10-23(19-22)36-30(44)21-47-34-41-40-32(28-13-8-18-46-28)43(34)25-11-3-1-4-12-25/h1,3-4,7-13,15-16,18-20H,2,5-6,14,17,21H2,(H,36,44)(H,37,45). The number of fused-ring (bicyclic) bond motifs is 1. The van der Waals surface area contributed by atoms with Crippen LogP contribution in [0.25, 0.3) is 28.7 Å². The second-order valence-corrected chi connectivity index (χ2v) is 12.3. The van der Waals surface area contributed by atoms with Crippen LogP contribution in [0.1, 0.15) is 35.4 Å². The Kier molecular flexibility index (Phi) is 8.85. The number of hydrogen-bond acceptors (Lipinski definition) is 8. The Morgan fingerprint density at radius 3 is 2.53 bits per heavy atom. The van der Waals surface area contributed by atoms with Gasteiger partial charge in [0, 0.05) is 41.2 Å². The molecule has 7 rings (SSSR count). The van der Waals surface area contributed by atoms with Crippen LogP contribution in [0, 0.1) is 0 Å². The van der Waals surface area contributed by atoms with Crippen LogP contribution in [0.4, 0.5) is 11.4 Å². The molecule has 0 atom stereocenters. The van der Waals surface area contributed by atoms with Crippen LogP contribution in [0.2, 0.25) is 5.02 Å². The maximum atomic E-state index is 13.3. The van der Waals surface area contributed by atoms with Gasteiger partial charge in [0.1, 0.15) is 5.82 Å². The molecule has 0 radical (unpaired) electrons. The van der Waals surface area contributed by atoms with E-state index in [0.717, 1.165) is 43.7 Å². The first-order valence-electron chi connectivity index (χ1n) is 15.1. The van der Waals surface area contributed by atoms with E-state index >= 15 is 0 Å². The fraction of sp³-hybridized carbons (Fsp3) is 0.176. The highest BCUT2D eigenvalue weighted by Crippen LogP contribution is 2.32. The zero-order valence-corrected chi connectivity index (χ0v) is 26.7. The second-order valence-electron chi connectivity index (χ2n) is 10.9. The molecule has 1 aliphatic rings. The van der Waals surface area contributed by atoms with E-state index in [2.05, 4.69) is 35.6 Å². The van der Waals surface area contributed by atoms with Crippen molar-refractivity contribution in [3.8, 4) is 28.7 Å². The van der Waals surface area contributed by atoms with Crippen molar-refractivity contribution in [3.05, 3.63) is 108 Å². The minimum Gasteiger partial charge on any atom is -0.461 e. The Morgan fingerprint density at radius 2 is 1.68 bits per heavy atom. The molecule has 3 aromatic carbocycles. The molecule has 11 nitrogen and oxygen atoms in total. The van der Waals surface area contributed by atoms with Crippen LogP contribution >= 0.6 is 23.4 Å². The fourth-order valence-electron chi connectivity index (χ4n) is 5.47. The molecule has 0 aliphatic carbocycles. The lowest BCUT2D eigenvalue weighted by molar-refractivity contribution is -0.113. The summed E-state index contributed by atoms with van der Waals surface area (Å²) in [7, 11) is 0. The number of carbonyl (C=O) groups is 2. The first kappa shape index (κ1) is 30.5. The maximum absolute atomic E-state index is 13.3. The highest BCUT2D eigenvalue weighted by Gasteiger charge is 2.21. The number of para-hydroxylation sites is 1. The van der Waals surface area contributed by atoms with Gasteiger partial charge in [0.2, 0.25) is 11.7 Å². The van der Waals surface area contributed by atoms with E-state index < -0.39 is 0 Å². The third kappa shape index (κ3) is 6.69. The van der Waals surface area contributed by atoms with Crippen molar-refractivity contribution in [1.29, 1.82) is 0 Å². The number of nitrogens with one attached hydrogen (secondary N) is 2. The molecule has 4 heterocycles. The molecule has 0 saturated heterocycles. The molecule has 6 aromatic rings. The molecule has 3 aromatic heterocycles. The zero-order chi connectivity index (χ0) is 32.2. The van der Waals surface area contributed by atoms with Crippen molar-refractivity contribution < 1.29 is 14.0 Å². The summed E-state index contributed by atoms with van der Waals surface area (Å²) in [5.41, 5.74) is 3.00. The van der Waals surface area contributed by atoms with Gasteiger partial charge < -0.3 is 19.6 Å². The predicted molar refractivity (Wildman–Crippen MR) is 181 cm³/mol. The van der Waals surface area contributed by atoms with E-state index in [-0.39, 0.29) is 17.6 Å². The summed E-state index contributed by atoms with van der Waals surface area (Å²) in [4.78, 5) is 26.3. The number of carbonyl (C=O) groups excluding carboxylic acids is 2. The van der Waals surface area contributed by atoms with Gasteiger partial charge in [-0.3, -0.25) is 14.2 Å². The Morgan fingerprint density at radius 1 is 0.830 bits per heavy atom. The molecule has 0 unspecified atom stereocenters. The number of furan rings is 1. The van der Waals surface area contributed by atoms with Crippen molar-refractivity contribution in [2.45, 2.75) is 37.4 Å². The Labute approximate surface area is 279 Å². The van der Waals surface area contributed by atoms with E-state index in [9.17, 15) is 9.59 Å². The summed E-state index contributed by atoms with van der Waals surface area (Å²) >= 11 is 7.82. The van der Waals surface area contributed by atoms with Crippen LogP contribution in [-0.4, -0.2) is 47.1 Å². The number of halogens is 1. The lowest BCUT2D eigenvalue weighted by atomic mass is 10.1. The van der Waals surface area contributed by atoms with Gasteiger partial charge in [0.25, 0.3) is 5.91 Å². The molecule has 1 aliphatic heterocycles. The van der Waals surface area contributed by atoms with Crippen LogP contribution in [-0.2, 0) is 17.8 Å². The minimum absolute atomic E-state index is 0.0689. The Hall–Kier alpha value is -5.20. The number of amides is 2. The average molecular weight is 665 g/mol. The predicted octanol–water partition coefficient (Wildman–Crippen LogP) is 7.15. The van der Waals surface area contributed by atoms with Gasteiger partial charge >= 0.3 is 0 Å². The van der Waals surface area contributed by atoms with Crippen LogP contribution in [0.5, 0.6) is 0 Å². The fourth-order valence-corrected chi connectivity index (χ4v) is 6.42. The largest absolute Gasteiger partial charge is 0.461 e. The third-order valence-electron chi connectivity index (χ3n) is 7.70. The van der Waals surface area contributed by atoms with Crippen molar-refractivity contribution in [3.63, 3.8) is 0 Å². The Balaban J connectivity index is 1.02. The third-order valence-corrected chi connectivity index (χ3v) is 8.96. The number of thioether (sulfide) groups is 1. The van der Waals surface area contributed by atoms with E-state index in [0.29, 0.717) is 50.1 Å². The molecule has 0 bridgehead atoms. The van der Waals surface area contributed by atoms with Crippen LogP contribution in [0.15, 0.2) is 101 Å². The number of hydrogen-bond donors (Lipinski definition) is 2. The molecular formula is C34H29ClN8O3S. The van der Waals surface area contributed by atoms with Crippen molar-refractivity contribution >= 4 is 46.6 Å². The van der Waals surface area contributed by atoms with Gasteiger partial charge in [-0.25, -0.2) is 0 Å². The molecule has 236 valence electrons. The summed E-state index contributed by atoms with van der Waals surface area (Å²) < 4.78 is 9.53. The van der Waals surface area contributed by atoms with E-state index in [1.165, 1.54) is 11.8 Å². The van der Waals surface area contributed by atoms with E-state index in [1.807, 2.05) is 47.0 Å². The first-order chi connectivity index (χ1) is 23.0. The summed E-state index contributed by atoms with van der Waals surface area (Å²) in [6.45, 7) is 0.834. The van der Waals surface area contributed by atoms with Gasteiger partial charge in [-0.2, -0.15) is 0 Å². The lowest BCUT2D eigenvalue weighted by Gasteiger charge is -2.12. The molecule has 2 amide bonds. The van der Waals surface area contributed by atoms with Gasteiger partial charge in [-0.05, 0) is 73.5 Å². The Bertz CT molecular complexity index is 2040. The topological polar surface area (TPSA) is 133 Å². The van der Waals surface area contributed by atoms with E-state index in [4.69, 9.17) is 16.0 Å². The smallest absolute Gasteiger partial charge is 0.255 e. The monoisotopic (exact) mass is 664 g/mol. The van der Waals surface area contributed by atoms with Crippen LogP contribution in [0.3, 0.4) is 0 Å². The lowest BCUT2D eigenvalue weighted by Crippen LogP contribution is -2.16. The normalized spacial score (nSPS) is 12.7. The SMILES string of the molecule is O=C(CSc1nnc(-c2ccco2)n1-c1ccccc1)Nc1cccc(C(=O)Nc2ccc(Cl)c(-c3nnc4n3CCCCC4)c2)c1. The summed E-state index contributed by atoms with van der Waals surface area (Å²) in [6.07, 6.45) is 5.75. The number of aromatic nitrogens is 6. The summed E-state index contributed by atoms with van der Waals surface area (Å²) in [5.74, 6) is 2.23. The highest BCUT2D eigenvalue weighted by molar-refractivity contribution is 7.99. The minimum atomic E-state index is -0.328. The highest BCUT2D eigenvalue weighted by atomic mass is 35.5. The summed E-state index contributed by atoms with van der Waals surface area (Å²) in [6, 6.07) is 25.3. The molecule has 0 saturated carbocycles. The average Bonchev–Trinajstić information content (AvgIpc) is 3.83. The molecule has 13 heteroatoms. The second kappa shape index (κ2) is 13.7. The van der Waals surface area contributed by atoms with Gasteiger partial charge in [0.15, 0.2) is 16.7 Å².